The molecule has 2 heterocycles. The monoisotopic (exact) mass is 217 g/mol. The molecule has 0 saturated heterocycles. The van der Waals surface area contributed by atoms with Crippen LogP contribution in [0.1, 0.15) is 16.2 Å². The van der Waals surface area contributed by atoms with E-state index in [4.69, 9.17) is 0 Å². The summed E-state index contributed by atoms with van der Waals surface area (Å²) in [7, 11) is 0. The zero-order valence-electron chi connectivity index (χ0n) is 8.55. The summed E-state index contributed by atoms with van der Waals surface area (Å²) in [4.78, 5) is 19.4. The molecule has 82 valence electrons. The molecule has 0 bridgehead atoms. The highest BCUT2D eigenvalue weighted by Crippen LogP contribution is 1.95. The molecule has 0 aliphatic rings. The number of pyridine rings is 1. The normalized spacial score (nSPS) is 10.0. The summed E-state index contributed by atoms with van der Waals surface area (Å²) in [5.41, 5.74) is 0.604. The van der Waals surface area contributed by atoms with Gasteiger partial charge in [0.1, 0.15) is 12.2 Å². The molecule has 2 N–H and O–H groups in total. The summed E-state index contributed by atoms with van der Waals surface area (Å²) >= 11 is 0. The quantitative estimate of drug-likeness (QED) is 0.764. The number of carbonyl (C=O) groups excluding carboxylic acids is 1. The van der Waals surface area contributed by atoms with Crippen LogP contribution in [-0.4, -0.2) is 32.6 Å². The molecule has 6 heteroatoms. The Kier molecular flexibility index (Phi) is 3.22. The van der Waals surface area contributed by atoms with Crippen LogP contribution < -0.4 is 5.32 Å². The summed E-state index contributed by atoms with van der Waals surface area (Å²) in [5.74, 6) is 0.650. The minimum atomic E-state index is -0.109. The fraction of sp³-hybridized carbons (Fsp3) is 0.200. The van der Waals surface area contributed by atoms with Gasteiger partial charge in [-0.15, -0.1) is 0 Å². The van der Waals surface area contributed by atoms with Gasteiger partial charge in [-0.1, -0.05) is 0 Å². The van der Waals surface area contributed by atoms with E-state index in [1.165, 1.54) is 6.33 Å². The molecule has 2 aromatic heterocycles. The smallest absolute Gasteiger partial charge is 0.251 e. The zero-order chi connectivity index (χ0) is 11.2. The molecule has 0 atom stereocenters. The Balaban J connectivity index is 1.81. The number of aromatic amines is 1. The molecule has 0 aliphatic heterocycles. The van der Waals surface area contributed by atoms with Crippen LogP contribution in [0.2, 0.25) is 0 Å². The first kappa shape index (κ1) is 10.3. The summed E-state index contributed by atoms with van der Waals surface area (Å²) in [6.45, 7) is 0.524. The minimum Gasteiger partial charge on any atom is -0.352 e. The minimum absolute atomic E-state index is 0.109. The number of aromatic nitrogens is 4. The lowest BCUT2D eigenvalue weighted by Gasteiger charge is -2.02. The molecule has 2 rings (SSSR count). The Morgan fingerprint density at radius 2 is 2.19 bits per heavy atom. The average Bonchev–Trinajstić information content (AvgIpc) is 2.83. The first-order valence-corrected chi connectivity index (χ1v) is 4.89. The number of hydrogen-bond donors (Lipinski definition) is 2. The maximum Gasteiger partial charge on any atom is 0.251 e. The van der Waals surface area contributed by atoms with E-state index in [-0.39, 0.29) is 5.91 Å². The standard InChI is InChI=1S/C10H11N5O/c16-10(8-1-4-11-5-2-8)12-6-3-9-13-7-14-15-9/h1-2,4-5,7H,3,6H2,(H,12,16)(H,13,14,15). The highest BCUT2D eigenvalue weighted by molar-refractivity contribution is 5.93. The fourth-order valence-corrected chi connectivity index (χ4v) is 1.25. The fourth-order valence-electron chi connectivity index (χ4n) is 1.25. The Labute approximate surface area is 92.1 Å². The maximum atomic E-state index is 11.6. The van der Waals surface area contributed by atoms with E-state index in [0.717, 1.165) is 5.82 Å². The van der Waals surface area contributed by atoms with Gasteiger partial charge in [-0.2, -0.15) is 5.10 Å². The van der Waals surface area contributed by atoms with Crippen molar-refractivity contribution >= 4 is 5.91 Å². The van der Waals surface area contributed by atoms with Gasteiger partial charge >= 0.3 is 0 Å². The van der Waals surface area contributed by atoms with E-state index in [0.29, 0.717) is 18.5 Å². The van der Waals surface area contributed by atoms with Crippen molar-refractivity contribution in [2.75, 3.05) is 6.54 Å². The van der Waals surface area contributed by atoms with Gasteiger partial charge in [0, 0.05) is 30.9 Å². The van der Waals surface area contributed by atoms with E-state index in [9.17, 15) is 4.79 Å². The number of carbonyl (C=O) groups is 1. The second kappa shape index (κ2) is 5.01. The SMILES string of the molecule is O=C(NCCc1ncn[nH]1)c1ccncc1. The van der Waals surface area contributed by atoms with Crippen LogP contribution in [0.4, 0.5) is 0 Å². The first-order chi connectivity index (χ1) is 7.86. The third kappa shape index (κ3) is 2.63. The van der Waals surface area contributed by atoms with Crippen molar-refractivity contribution in [3.8, 4) is 0 Å². The highest BCUT2D eigenvalue weighted by Gasteiger charge is 2.03. The van der Waals surface area contributed by atoms with E-state index < -0.39 is 0 Å². The van der Waals surface area contributed by atoms with E-state index >= 15 is 0 Å². The number of amides is 1. The van der Waals surface area contributed by atoms with Gasteiger partial charge in [-0.3, -0.25) is 14.9 Å². The number of rotatable bonds is 4. The van der Waals surface area contributed by atoms with E-state index in [1.54, 1.807) is 24.5 Å². The number of nitrogens with one attached hydrogen (secondary N) is 2. The molecule has 0 saturated carbocycles. The molecule has 0 aromatic carbocycles. The average molecular weight is 217 g/mol. The van der Waals surface area contributed by atoms with Crippen molar-refractivity contribution in [2.45, 2.75) is 6.42 Å². The van der Waals surface area contributed by atoms with Crippen molar-refractivity contribution < 1.29 is 4.79 Å². The van der Waals surface area contributed by atoms with Crippen LogP contribution in [0.5, 0.6) is 0 Å². The van der Waals surface area contributed by atoms with Crippen molar-refractivity contribution in [2.24, 2.45) is 0 Å². The summed E-state index contributed by atoms with van der Waals surface area (Å²) < 4.78 is 0. The van der Waals surface area contributed by atoms with Crippen molar-refractivity contribution in [1.29, 1.82) is 0 Å². The topological polar surface area (TPSA) is 83.6 Å². The van der Waals surface area contributed by atoms with Crippen molar-refractivity contribution in [1.82, 2.24) is 25.5 Å². The zero-order valence-corrected chi connectivity index (χ0v) is 8.55. The number of hydrogen-bond acceptors (Lipinski definition) is 4. The second-order valence-electron chi connectivity index (χ2n) is 3.17. The van der Waals surface area contributed by atoms with Gasteiger partial charge in [0.15, 0.2) is 0 Å². The molecule has 0 fully saturated rings. The lowest BCUT2D eigenvalue weighted by Crippen LogP contribution is -2.25. The third-order valence-electron chi connectivity index (χ3n) is 2.05. The van der Waals surface area contributed by atoms with Gasteiger partial charge in [-0.05, 0) is 12.1 Å². The molecule has 0 radical (unpaired) electrons. The van der Waals surface area contributed by atoms with Crippen LogP contribution in [0, 0.1) is 0 Å². The molecule has 0 spiro atoms. The van der Waals surface area contributed by atoms with Gasteiger partial charge in [0.05, 0.1) is 0 Å². The predicted molar refractivity (Wildman–Crippen MR) is 56.7 cm³/mol. The molecular formula is C10H11N5O. The molecule has 0 unspecified atom stereocenters. The van der Waals surface area contributed by atoms with Crippen molar-refractivity contribution in [3.63, 3.8) is 0 Å². The van der Waals surface area contributed by atoms with Gasteiger partial charge in [0.25, 0.3) is 5.91 Å². The van der Waals surface area contributed by atoms with Crippen LogP contribution in [-0.2, 0) is 6.42 Å². The highest BCUT2D eigenvalue weighted by atomic mass is 16.1. The van der Waals surface area contributed by atoms with Crippen LogP contribution in [0.25, 0.3) is 0 Å². The third-order valence-corrected chi connectivity index (χ3v) is 2.05. The summed E-state index contributed by atoms with van der Waals surface area (Å²) in [5, 5.41) is 9.23. The molecule has 2 aromatic rings. The lowest BCUT2D eigenvalue weighted by molar-refractivity contribution is 0.0954. The summed E-state index contributed by atoms with van der Waals surface area (Å²) in [6, 6.07) is 3.34. The molecule has 6 nitrogen and oxygen atoms in total. The number of nitrogens with zero attached hydrogens (tertiary/aromatic N) is 3. The van der Waals surface area contributed by atoms with Gasteiger partial charge in [-0.25, -0.2) is 4.98 Å². The predicted octanol–water partition coefficient (Wildman–Crippen LogP) is 0.172. The molecule has 1 amide bonds. The van der Waals surface area contributed by atoms with Crippen LogP contribution in [0.15, 0.2) is 30.9 Å². The Hall–Kier alpha value is -2.24. The van der Waals surface area contributed by atoms with Gasteiger partial charge in [0.2, 0.25) is 0 Å². The van der Waals surface area contributed by atoms with Gasteiger partial charge < -0.3 is 5.32 Å². The largest absolute Gasteiger partial charge is 0.352 e. The second-order valence-corrected chi connectivity index (χ2v) is 3.17. The molecule has 16 heavy (non-hydrogen) atoms. The maximum absolute atomic E-state index is 11.6. The lowest BCUT2D eigenvalue weighted by atomic mass is 10.2. The van der Waals surface area contributed by atoms with E-state index in [1.807, 2.05) is 0 Å². The number of H-pyrrole nitrogens is 1. The summed E-state index contributed by atoms with van der Waals surface area (Å²) in [6.07, 6.45) is 5.26. The van der Waals surface area contributed by atoms with Crippen LogP contribution >= 0.6 is 0 Å². The first-order valence-electron chi connectivity index (χ1n) is 4.89. The molecule has 0 aliphatic carbocycles. The van der Waals surface area contributed by atoms with Crippen LogP contribution in [0.3, 0.4) is 0 Å². The van der Waals surface area contributed by atoms with E-state index in [2.05, 4.69) is 25.5 Å². The van der Waals surface area contributed by atoms with Crippen molar-refractivity contribution in [3.05, 3.63) is 42.2 Å². The Morgan fingerprint density at radius 1 is 1.38 bits per heavy atom. The Bertz CT molecular complexity index is 439. The molecular weight excluding hydrogens is 206 g/mol. The Morgan fingerprint density at radius 3 is 2.88 bits per heavy atom.